The van der Waals surface area contributed by atoms with Crippen LogP contribution in [-0.4, -0.2) is 44.8 Å². The number of nitrogens with zero attached hydrogens (tertiary/aromatic N) is 5. The molecule has 0 spiro atoms. The Kier molecular flexibility index (Phi) is 2.44. The fourth-order valence-electron chi connectivity index (χ4n) is 2.56. The van der Waals surface area contributed by atoms with Crippen molar-refractivity contribution >= 4 is 11.6 Å². The van der Waals surface area contributed by atoms with E-state index in [-0.39, 0.29) is 11.5 Å². The van der Waals surface area contributed by atoms with Gasteiger partial charge in [0, 0.05) is 11.1 Å². The van der Waals surface area contributed by atoms with E-state index in [2.05, 4.69) is 20.3 Å². The number of fused-ring (bicyclic) bond motifs is 4. The zero-order valence-corrected chi connectivity index (χ0v) is 12.1. The van der Waals surface area contributed by atoms with E-state index in [0.717, 1.165) is 0 Å². The van der Waals surface area contributed by atoms with Gasteiger partial charge < -0.3 is 9.47 Å². The summed E-state index contributed by atoms with van der Waals surface area (Å²) in [5, 5.41) is 12.2. The Morgan fingerprint density at radius 2 is 1.68 bits per heavy atom. The highest BCUT2D eigenvalue weighted by Gasteiger charge is 2.33. The number of carbonyl (C=O) groups is 1. The van der Waals surface area contributed by atoms with Crippen molar-refractivity contribution in [2.45, 2.75) is 6.92 Å². The second kappa shape index (κ2) is 4.23. The van der Waals surface area contributed by atoms with Crippen LogP contribution in [0.2, 0.25) is 0 Å². The van der Waals surface area contributed by atoms with Crippen molar-refractivity contribution in [3.8, 4) is 22.8 Å². The van der Waals surface area contributed by atoms with Crippen molar-refractivity contribution in [2.24, 2.45) is 0 Å². The fourth-order valence-corrected chi connectivity index (χ4v) is 2.56. The van der Waals surface area contributed by atoms with Crippen LogP contribution in [0, 0.1) is 6.92 Å². The van der Waals surface area contributed by atoms with E-state index in [1.54, 1.807) is 26.2 Å². The van der Waals surface area contributed by atoms with Gasteiger partial charge in [-0.2, -0.15) is 9.61 Å². The van der Waals surface area contributed by atoms with Gasteiger partial charge in [0.25, 0.3) is 5.78 Å². The van der Waals surface area contributed by atoms with Gasteiger partial charge in [0.05, 0.1) is 14.2 Å². The van der Waals surface area contributed by atoms with Crippen LogP contribution < -0.4 is 9.47 Å². The third kappa shape index (κ3) is 1.49. The van der Waals surface area contributed by atoms with E-state index >= 15 is 0 Å². The topological polar surface area (TPSA) is 91.5 Å². The first-order valence-electron chi connectivity index (χ1n) is 6.55. The molecule has 0 amide bonds. The molecule has 0 radical (unpaired) electrons. The van der Waals surface area contributed by atoms with Crippen LogP contribution in [0.25, 0.3) is 17.0 Å². The van der Waals surface area contributed by atoms with Crippen LogP contribution in [-0.2, 0) is 0 Å². The monoisotopic (exact) mass is 297 g/mol. The largest absolute Gasteiger partial charge is 0.493 e. The predicted octanol–water partition coefficient (Wildman–Crippen LogP) is 1.06. The predicted molar refractivity (Wildman–Crippen MR) is 75.3 cm³/mol. The van der Waals surface area contributed by atoms with Gasteiger partial charge in [-0.25, -0.2) is 4.98 Å². The molecule has 0 fully saturated rings. The van der Waals surface area contributed by atoms with E-state index in [4.69, 9.17) is 9.47 Å². The summed E-state index contributed by atoms with van der Waals surface area (Å²) in [4.78, 5) is 17.0. The average molecular weight is 297 g/mol. The van der Waals surface area contributed by atoms with Crippen molar-refractivity contribution in [3.63, 3.8) is 0 Å². The summed E-state index contributed by atoms with van der Waals surface area (Å²) in [6, 6.07) is 3.38. The van der Waals surface area contributed by atoms with Gasteiger partial charge in [0.1, 0.15) is 5.69 Å². The molecule has 22 heavy (non-hydrogen) atoms. The van der Waals surface area contributed by atoms with Gasteiger partial charge in [-0.05, 0) is 19.1 Å². The van der Waals surface area contributed by atoms with Gasteiger partial charge in [0.15, 0.2) is 23.0 Å². The Balaban J connectivity index is 2.03. The van der Waals surface area contributed by atoms with Gasteiger partial charge in [-0.15, -0.1) is 10.2 Å². The number of ketones is 1. The molecule has 0 bridgehead atoms. The molecule has 8 heteroatoms. The lowest BCUT2D eigenvalue weighted by Gasteiger charge is -2.09. The Bertz CT molecular complexity index is 947. The second-order valence-electron chi connectivity index (χ2n) is 4.85. The van der Waals surface area contributed by atoms with Crippen molar-refractivity contribution in [3.05, 3.63) is 29.2 Å². The van der Waals surface area contributed by atoms with Crippen LogP contribution in [0.15, 0.2) is 12.1 Å². The number of aromatic nitrogens is 5. The summed E-state index contributed by atoms with van der Waals surface area (Å²) < 4.78 is 12.0. The molecule has 3 aromatic rings. The van der Waals surface area contributed by atoms with Crippen molar-refractivity contribution in [1.29, 1.82) is 0 Å². The number of benzene rings is 1. The molecular weight excluding hydrogens is 286 g/mol. The zero-order chi connectivity index (χ0) is 15.4. The lowest BCUT2D eigenvalue weighted by atomic mass is 10.1. The molecule has 8 nitrogen and oxygen atoms in total. The average Bonchev–Trinajstić information content (AvgIpc) is 3.03. The molecule has 2 heterocycles. The van der Waals surface area contributed by atoms with E-state index in [1.807, 2.05) is 0 Å². The minimum Gasteiger partial charge on any atom is -0.493 e. The van der Waals surface area contributed by atoms with E-state index in [9.17, 15) is 4.79 Å². The highest BCUT2D eigenvalue weighted by Crippen LogP contribution is 2.41. The molecule has 110 valence electrons. The molecule has 0 atom stereocenters. The second-order valence-corrected chi connectivity index (χ2v) is 4.85. The minimum absolute atomic E-state index is 0.201. The van der Waals surface area contributed by atoms with Gasteiger partial charge in [0.2, 0.25) is 5.78 Å². The lowest BCUT2D eigenvalue weighted by molar-refractivity contribution is 0.103. The molecule has 1 aromatic carbocycles. The number of hydrogen-bond donors (Lipinski definition) is 0. The van der Waals surface area contributed by atoms with E-state index < -0.39 is 0 Å². The smallest absolute Gasteiger partial charge is 0.272 e. The molecule has 0 saturated carbocycles. The van der Waals surface area contributed by atoms with Gasteiger partial charge in [-0.3, -0.25) is 4.79 Å². The van der Waals surface area contributed by atoms with Crippen molar-refractivity contribution < 1.29 is 14.3 Å². The summed E-state index contributed by atoms with van der Waals surface area (Å²) in [5.41, 5.74) is 1.92. The number of methoxy groups -OCH3 is 2. The van der Waals surface area contributed by atoms with Crippen LogP contribution in [0.5, 0.6) is 11.5 Å². The van der Waals surface area contributed by atoms with Gasteiger partial charge in [-0.1, -0.05) is 0 Å². The Morgan fingerprint density at radius 1 is 1.00 bits per heavy atom. The zero-order valence-electron chi connectivity index (χ0n) is 12.1. The maximum atomic E-state index is 12.6. The van der Waals surface area contributed by atoms with Crippen LogP contribution in [0.3, 0.4) is 0 Å². The first kappa shape index (κ1) is 12.7. The molecule has 4 rings (SSSR count). The van der Waals surface area contributed by atoms with Crippen LogP contribution in [0.1, 0.15) is 21.9 Å². The maximum Gasteiger partial charge on any atom is 0.272 e. The summed E-state index contributed by atoms with van der Waals surface area (Å²) in [6.45, 7) is 1.75. The molecule has 2 aromatic heterocycles. The first-order chi connectivity index (χ1) is 10.6. The third-order valence-corrected chi connectivity index (χ3v) is 3.65. The third-order valence-electron chi connectivity index (χ3n) is 3.65. The molecule has 1 aliphatic carbocycles. The van der Waals surface area contributed by atoms with Crippen molar-refractivity contribution in [1.82, 2.24) is 24.8 Å². The Morgan fingerprint density at radius 3 is 2.36 bits per heavy atom. The van der Waals surface area contributed by atoms with E-state index in [0.29, 0.717) is 39.9 Å². The lowest BCUT2D eigenvalue weighted by Crippen LogP contribution is -2.06. The fraction of sp³-hybridized carbons (Fsp3) is 0.214. The number of hydrogen-bond acceptors (Lipinski definition) is 7. The number of rotatable bonds is 2. The van der Waals surface area contributed by atoms with Gasteiger partial charge >= 0.3 is 0 Å². The highest BCUT2D eigenvalue weighted by atomic mass is 16.5. The number of ether oxygens (including phenoxy) is 2. The molecular formula is C14H11N5O3. The normalized spacial score (nSPS) is 12.4. The molecule has 0 unspecified atom stereocenters. The quantitative estimate of drug-likeness (QED) is 0.546. The molecule has 1 aliphatic rings. The SMILES string of the molecule is COc1cc2c(cc1OC)-c1nc3nnc(C)n3nc1C2=O. The molecule has 0 aliphatic heterocycles. The van der Waals surface area contributed by atoms with E-state index in [1.165, 1.54) is 11.6 Å². The highest BCUT2D eigenvalue weighted by molar-refractivity contribution is 6.20. The first-order valence-corrected chi connectivity index (χ1v) is 6.55. The minimum atomic E-state index is -0.201. The van der Waals surface area contributed by atoms with Crippen molar-refractivity contribution in [2.75, 3.05) is 14.2 Å². The number of carbonyl (C=O) groups excluding carboxylic acids is 1. The molecule has 0 N–H and O–H groups in total. The van der Waals surface area contributed by atoms with Crippen LogP contribution >= 0.6 is 0 Å². The Hall–Kier alpha value is -3.03. The summed E-state index contributed by atoms with van der Waals surface area (Å²) in [5.74, 6) is 1.75. The summed E-state index contributed by atoms with van der Waals surface area (Å²) in [7, 11) is 3.06. The maximum absolute atomic E-state index is 12.6. The van der Waals surface area contributed by atoms with Crippen LogP contribution in [0.4, 0.5) is 0 Å². The standard InChI is InChI=1S/C14H11N5O3/c1-6-16-17-14-15-11-7-4-9(21-2)10(22-3)5-8(7)13(20)12(11)18-19(6)14/h4-5H,1-3H3. The Labute approximate surface area is 124 Å². The molecule has 0 saturated heterocycles. The summed E-state index contributed by atoms with van der Waals surface area (Å²) >= 11 is 0. The number of aryl methyl sites for hydroxylation is 1. The summed E-state index contributed by atoms with van der Waals surface area (Å²) in [6.07, 6.45) is 0.